The van der Waals surface area contributed by atoms with Crippen molar-refractivity contribution in [3.05, 3.63) is 0 Å². The third-order valence-corrected chi connectivity index (χ3v) is 3.33. The molecule has 2 fully saturated rings. The number of hydrogen-bond acceptors (Lipinski definition) is 5. The van der Waals surface area contributed by atoms with E-state index in [4.69, 9.17) is 10.9 Å². The number of nitrogens with one attached hydrogen (secondary N) is 2. The summed E-state index contributed by atoms with van der Waals surface area (Å²) in [7, 11) is 0. The van der Waals surface area contributed by atoms with Gasteiger partial charge in [-0.3, -0.25) is 19.7 Å². The maximum atomic E-state index is 12.0. The summed E-state index contributed by atoms with van der Waals surface area (Å²) < 4.78 is 0. The lowest BCUT2D eigenvalue weighted by Gasteiger charge is -2.24. The molecule has 1 heterocycles. The van der Waals surface area contributed by atoms with Gasteiger partial charge in [0.1, 0.15) is 11.5 Å². The highest BCUT2D eigenvalue weighted by Crippen LogP contribution is 2.46. The molecule has 1 aliphatic carbocycles. The molecule has 2 rings (SSSR count). The summed E-state index contributed by atoms with van der Waals surface area (Å²) in [6.45, 7) is 0. The summed E-state index contributed by atoms with van der Waals surface area (Å²) in [5, 5.41) is 16.1. The first-order valence-corrected chi connectivity index (χ1v) is 5.62. The van der Waals surface area contributed by atoms with Crippen molar-refractivity contribution in [2.45, 2.75) is 31.7 Å². The molecule has 5 N–H and O–H groups in total. The van der Waals surface area contributed by atoms with Crippen LogP contribution in [0.5, 0.6) is 0 Å². The van der Waals surface area contributed by atoms with Crippen molar-refractivity contribution < 1.29 is 19.6 Å². The molecular weight excluding hydrogens is 240 g/mol. The first-order chi connectivity index (χ1) is 8.49. The minimum absolute atomic E-state index is 0.146. The van der Waals surface area contributed by atoms with E-state index in [0.29, 0.717) is 12.8 Å². The van der Waals surface area contributed by atoms with Gasteiger partial charge < -0.3 is 16.3 Å². The first kappa shape index (κ1) is 12.3. The number of piperidine rings is 1. The Morgan fingerprint density at radius 2 is 2.17 bits per heavy atom. The summed E-state index contributed by atoms with van der Waals surface area (Å²) in [5.74, 6) is -1.45. The van der Waals surface area contributed by atoms with Gasteiger partial charge in [0.05, 0.1) is 0 Å². The van der Waals surface area contributed by atoms with E-state index >= 15 is 0 Å². The number of carbonyl (C=O) groups is 3. The van der Waals surface area contributed by atoms with Crippen molar-refractivity contribution in [1.29, 1.82) is 0 Å². The SMILES string of the molecule is NC(=NO)C1(C(=O)NC2CCC(=O)NC2=O)CC1. The molecule has 0 bridgehead atoms. The molecule has 8 heteroatoms. The lowest BCUT2D eigenvalue weighted by Crippen LogP contribution is -2.55. The largest absolute Gasteiger partial charge is 0.409 e. The molecule has 1 saturated heterocycles. The van der Waals surface area contributed by atoms with E-state index < -0.39 is 23.3 Å². The molecule has 0 spiro atoms. The predicted octanol–water partition coefficient (Wildman–Crippen LogP) is -1.57. The van der Waals surface area contributed by atoms with Crippen molar-refractivity contribution in [3.8, 4) is 0 Å². The third-order valence-electron chi connectivity index (χ3n) is 3.33. The van der Waals surface area contributed by atoms with Crippen LogP contribution in [0.15, 0.2) is 5.16 Å². The number of oxime groups is 1. The molecule has 8 nitrogen and oxygen atoms in total. The minimum Gasteiger partial charge on any atom is -0.409 e. The fraction of sp³-hybridized carbons (Fsp3) is 0.600. The van der Waals surface area contributed by atoms with Gasteiger partial charge in [0.25, 0.3) is 0 Å². The van der Waals surface area contributed by atoms with Crippen LogP contribution in [0.1, 0.15) is 25.7 Å². The van der Waals surface area contributed by atoms with Crippen LogP contribution in [0.4, 0.5) is 0 Å². The number of amidine groups is 1. The molecule has 98 valence electrons. The number of rotatable bonds is 3. The number of imide groups is 1. The maximum absolute atomic E-state index is 12.0. The van der Waals surface area contributed by atoms with Crippen molar-refractivity contribution in [2.75, 3.05) is 0 Å². The molecular formula is C10H14N4O4. The van der Waals surface area contributed by atoms with Gasteiger partial charge in [0.15, 0.2) is 5.84 Å². The second-order valence-electron chi connectivity index (χ2n) is 4.54. The average molecular weight is 254 g/mol. The zero-order valence-electron chi connectivity index (χ0n) is 9.60. The summed E-state index contributed by atoms with van der Waals surface area (Å²) in [6, 6.07) is -0.737. The standard InChI is InChI=1S/C10H14N4O4/c11-8(14-18)10(3-4-10)9(17)12-5-1-2-6(15)13-7(5)16/h5,18H,1-4H2,(H2,11,14)(H,12,17)(H,13,15,16). The molecule has 18 heavy (non-hydrogen) atoms. The Labute approximate surface area is 103 Å². The van der Waals surface area contributed by atoms with Gasteiger partial charge in [0.2, 0.25) is 17.7 Å². The van der Waals surface area contributed by atoms with Crippen LogP contribution in [0.3, 0.4) is 0 Å². The molecule has 2 aliphatic rings. The van der Waals surface area contributed by atoms with Crippen molar-refractivity contribution >= 4 is 23.6 Å². The second kappa shape index (κ2) is 4.28. The van der Waals surface area contributed by atoms with E-state index in [-0.39, 0.29) is 24.6 Å². The van der Waals surface area contributed by atoms with Crippen LogP contribution >= 0.6 is 0 Å². The highest BCUT2D eigenvalue weighted by atomic mass is 16.4. The Hall–Kier alpha value is -2.12. The smallest absolute Gasteiger partial charge is 0.249 e. The zero-order valence-corrected chi connectivity index (χ0v) is 9.60. The van der Waals surface area contributed by atoms with Gasteiger partial charge >= 0.3 is 0 Å². The maximum Gasteiger partial charge on any atom is 0.249 e. The number of amides is 3. The number of carbonyl (C=O) groups excluding carboxylic acids is 3. The van der Waals surface area contributed by atoms with Crippen LogP contribution in [0, 0.1) is 5.41 Å². The molecule has 0 aromatic carbocycles. The molecule has 0 aromatic rings. The summed E-state index contributed by atoms with van der Waals surface area (Å²) in [4.78, 5) is 34.4. The number of nitrogens with zero attached hydrogens (tertiary/aromatic N) is 1. The minimum atomic E-state index is -0.990. The molecule has 0 aromatic heterocycles. The highest BCUT2D eigenvalue weighted by molar-refractivity contribution is 6.11. The second-order valence-corrected chi connectivity index (χ2v) is 4.54. The summed E-state index contributed by atoms with van der Waals surface area (Å²) >= 11 is 0. The molecule has 3 amide bonds. The summed E-state index contributed by atoms with van der Waals surface area (Å²) in [6.07, 6.45) is 1.43. The fourth-order valence-corrected chi connectivity index (χ4v) is 1.95. The van der Waals surface area contributed by atoms with Crippen molar-refractivity contribution in [3.63, 3.8) is 0 Å². The van der Waals surface area contributed by atoms with Gasteiger partial charge in [0, 0.05) is 6.42 Å². The van der Waals surface area contributed by atoms with Gasteiger partial charge in [-0.05, 0) is 19.3 Å². The van der Waals surface area contributed by atoms with Crippen LogP contribution < -0.4 is 16.4 Å². The normalized spacial score (nSPS) is 26.4. The fourth-order valence-electron chi connectivity index (χ4n) is 1.95. The van der Waals surface area contributed by atoms with E-state index in [0.717, 1.165) is 0 Å². The molecule has 1 saturated carbocycles. The Bertz CT molecular complexity index is 441. The quantitative estimate of drug-likeness (QED) is 0.159. The Kier molecular flexibility index (Phi) is 2.93. The lowest BCUT2D eigenvalue weighted by atomic mass is 10.0. The van der Waals surface area contributed by atoms with Gasteiger partial charge in [-0.2, -0.15) is 0 Å². The Morgan fingerprint density at radius 3 is 2.67 bits per heavy atom. The lowest BCUT2D eigenvalue weighted by molar-refractivity contribution is -0.137. The highest BCUT2D eigenvalue weighted by Gasteiger charge is 2.54. The van der Waals surface area contributed by atoms with Crippen LogP contribution in [-0.4, -0.2) is 34.8 Å². The van der Waals surface area contributed by atoms with E-state index in [1.807, 2.05) is 0 Å². The first-order valence-electron chi connectivity index (χ1n) is 5.62. The number of hydrogen-bond donors (Lipinski definition) is 4. The topological polar surface area (TPSA) is 134 Å². The van der Waals surface area contributed by atoms with Crippen LogP contribution in [-0.2, 0) is 14.4 Å². The Morgan fingerprint density at radius 1 is 1.50 bits per heavy atom. The van der Waals surface area contributed by atoms with E-state index in [1.165, 1.54) is 0 Å². The van der Waals surface area contributed by atoms with Crippen molar-refractivity contribution in [2.24, 2.45) is 16.3 Å². The summed E-state index contributed by atoms with van der Waals surface area (Å²) in [5.41, 5.74) is 4.47. The van der Waals surface area contributed by atoms with E-state index in [1.54, 1.807) is 0 Å². The van der Waals surface area contributed by atoms with Gasteiger partial charge in [-0.25, -0.2) is 0 Å². The third kappa shape index (κ3) is 2.01. The van der Waals surface area contributed by atoms with Gasteiger partial charge in [-0.1, -0.05) is 5.16 Å². The van der Waals surface area contributed by atoms with E-state index in [9.17, 15) is 14.4 Å². The van der Waals surface area contributed by atoms with Gasteiger partial charge in [-0.15, -0.1) is 0 Å². The molecule has 1 atom stereocenters. The zero-order chi connectivity index (χ0) is 13.3. The van der Waals surface area contributed by atoms with E-state index in [2.05, 4.69) is 15.8 Å². The predicted molar refractivity (Wildman–Crippen MR) is 59.4 cm³/mol. The average Bonchev–Trinajstić information content (AvgIpc) is 3.13. The Balaban J connectivity index is 2.00. The molecule has 1 unspecified atom stereocenters. The van der Waals surface area contributed by atoms with Crippen molar-refractivity contribution in [1.82, 2.24) is 10.6 Å². The van der Waals surface area contributed by atoms with Crippen LogP contribution in [0.2, 0.25) is 0 Å². The van der Waals surface area contributed by atoms with Crippen LogP contribution in [0.25, 0.3) is 0 Å². The molecule has 0 radical (unpaired) electrons. The molecule has 1 aliphatic heterocycles. The number of nitrogens with two attached hydrogens (primary N) is 1. The monoisotopic (exact) mass is 254 g/mol.